The average Bonchev–Trinajstić information content (AvgIpc) is 2.96. The van der Waals surface area contributed by atoms with Gasteiger partial charge in [0.05, 0.1) is 12.0 Å². The third-order valence-corrected chi connectivity index (χ3v) is 3.62. The Kier molecular flexibility index (Phi) is 4.34. The molecule has 0 amide bonds. The highest BCUT2D eigenvalue weighted by Gasteiger charge is 2.05. The second-order valence-corrected chi connectivity index (χ2v) is 5.07. The van der Waals surface area contributed by atoms with Gasteiger partial charge in [-0.05, 0) is 42.7 Å². The van der Waals surface area contributed by atoms with Gasteiger partial charge < -0.3 is 9.88 Å². The Morgan fingerprint density at radius 2 is 2.41 bits per heavy atom. The van der Waals surface area contributed by atoms with Crippen molar-refractivity contribution in [2.75, 3.05) is 0 Å². The molecule has 4 heteroatoms. The third-order valence-electron chi connectivity index (χ3n) is 2.89. The van der Waals surface area contributed by atoms with E-state index >= 15 is 0 Å². The molecule has 0 aliphatic rings. The third kappa shape index (κ3) is 3.41. The first-order valence-corrected chi connectivity index (χ1v) is 6.97. The lowest BCUT2D eigenvalue weighted by Gasteiger charge is -2.13. The summed E-state index contributed by atoms with van der Waals surface area (Å²) in [6.07, 6.45) is 4.91. The molecule has 3 nitrogen and oxygen atoms in total. The molecule has 2 rings (SSSR count). The Morgan fingerprint density at radius 1 is 1.53 bits per heavy atom. The van der Waals surface area contributed by atoms with Gasteiger partial charge in [-0.15, -0.1) is 0 Å². The van der Waals surface area contributed by atoms with Crippen molar-refractivity contribution >= 4 is 11.3 Å². The van der Waals surface area contributed by atoms with Gasteiger partial charge in [-0.2, -0.15) is 11.3 Å². The zero-order chi connectivity index (χ0) is 12.1. The van der Waals surface area contributed by atoms with E-state index in [-0.39, 0.29) is 0 Å². The maximum absolute atomic E-state index is 4.17. The second-order valence-electron chi connectivity index (χ2n) is 4.29. The minimum absolute atomic E-state index is 0.491. The summed E-state index contributed by atoms with van der Waals surface area (Å²) in [5, 5.41) is 7.89. The Bertz CT molecular complexity index is 433. The summed E-state index contributed by atoms with van der Waals surface area (Å²) in [7, 11) is 0. The summed E-state index contributed by atoms with van der Waals surface area (Å²) >= 11 is 1.76. The van der Waals surface area contributed by atoms with Crippen LogP contribution >= 0.6 is 11.3 Å². The van der Waals surface area contributed by atoms with Crippen molar-refractivity contribution in [1.82, 2.24) is 14.9 Å². The zero-order valence-electron chi connectivity index (χ0n) is 10.4. The first-order chi connectivity index (χ1) is 8.29. The largest absolute Gasteiger partial charge is 0.334 e. The predicted molar refractivity (Wildman–Crippen MR) is 72.2 cm³/mol. The van der Waals surface area contributed by atoms with Crippen LogP contribution in [0.1, 0.15) is 25.1 Å². The highest BCUT2D eigenvalue weighted by molar-refractivity contribution is 7.07. The summed E-state index contributed by atoms with van der Waals surface area (Å²) in [5.74, 6) is 0. The second kappa shape index (κ2) is 5.98. The Balaban J connectivity index is 1.82. The van der Waals surface area contributed by atoms with Crippen LogP contribution < -0.4 is 5.32 Å². The fraction of sp³-hybridized carbons (Fsp3) is 0.462. The minimum atomic E-state index is 0.491. The van der Waals surface area contributed by atoms with Gasteiger partial charge in [0.15, 0.2) is 0 Å². The Labute approximate surface area is 107 Å². The van der Waals surface area contributed by atoms with Crippen LogP contribution in [0.2, 0.25) is 0 Å². The zero-order valence-corrected chi connectivity index (χ0v) is 11.2. The quantitative estimate of drug-likeness (QED) is 0.853. The Morgan fingerprint density at radius 3 is 3.12 bits per heavy atom. The molecule has 0 saturated heterocycles. The number of imidazole rings is 1. The standard InChI is InChI=1S/C13H19N3S/c1-3-16-10-14-7-13(16)8-15-11(2)6-12-4-5-17-9-12/h4-5,7,9-11,15H,3,6,8H2,1-2H3. The molecule has 2 aromatic heterocycles. The van der Waals surface area contributed by atoms with Crippen LogP contribution in [-0.2, 0) is 19.5 Å². The molecule has 0 spiro atoms. The molecule has 0 aliphatic carbocycles. The van der Waals surface area contributed by atoms with Crippen molar-refractivity contribution in [1.29, 1.82) is 0 Å². The lowest BCUT2D eigenvalue weighted by Crippen LogP contribution is -2.28. The molecule has 0 bridgehead atoms. The van der Waals surface area contributed by atoms with Crippen LogP contribution in [0, 0.1) is 0 Å². The molecule has 0 fully saturated rings. The SMILES string of the molecule is CCn1cncc1CNC(C)Cc1ccsc1. The molecule has 2 aromatic rings. The number of hydrogen-bond donors (Lipinski definition) is 1. The van der Waals surface area contributed by atoms with Gasteiger partial charge in [0.25, 0.3) is 0 Å². The van der Waals surface area contributed by atoms with Crippen LogP contribution in [0.15, 0.2) is 29.4 Å². The smallest absolute Gasteiger partial charge is 0.0948 e. The molecule has 0 saturated carbocycles. The van der Waals surface area contributed by atoms with E-state index in [9.17, 15) is 0 Å². The number of hydrogen-bond acceptors (Lipinski definition) is 3. The maximum atomic E-state index is 4.17. The average molecular weight is 249 g/mol. The first-order valence-electron chi connectivity index (χ1n) is 6.03. The van der Waals surface area contributed by atoms with E-state index < -0.39 is 0 Å². The van der Waals surface area contributed by atoms with Crippen molar-refractivity contribution < 1.29 is 0 Å². The van der Waals surface area contributed by atoms with Crippen LogP contribution in [0.5, 0.6) is 0 Å². The minimum Gasteiger partial charge on any atom is -0.334 e. The van der Waals surface area contributed by atoms with Gasteiger partial charge in [-0.1, -0.05) is 0 Å². The summed E-state index contributed by atoms with van der Waals surface area (Å²) in [4.78, 5) is 4.17. The molecular formula is C13H19N3S. The van der Waals surface area contributed by atoms with Crippen LogP contribution in [-0.4, -0.2) is 15.6 Å². The normalized spacial score (nSPS) is 12.8. The highest BCUT2D eigenvalue weighted by atomic mass is 32.1. The van der Waals surface area contributed by atoms with Crippen LogP contribution in [0.3, 0.4) is 0 Å². The van der Waals surface area contributed by atoms with E-state index in [1.807, 2.05) is 12.5 Å². The number of nitrogens with one attached hydrogen (secondary N) is 1. The number of aromatic nitrogens is 2. The van der Waals surface area contributed by atoms with Crippen molar-refractivity contribution in [3.8, 4) is 0 Å². The van der Waals surface area contributed by atoms with E-state index in [0.717, 1.165) is 19.5 Å². The highest BCUT2D eigenvalue weighted by Crippen LogP contribution is 2.09. The monoisotopic (exact) mass is 249 g/mol. The summed E-state index contributed by atoms with van der Waals surface area (Å²) in [6.45, 7) is 6.24. The van der Waals surface area contributed by atoms with Gasteiger partial charge in [0, 0.05) is 25.3 Å². The number of thiophene rings is 1. The van der Waals surface area contributed by atoms with Crippen molar-refractivity contribution in [3.05, 3.63) is 40.6 Å². The van der Waals surface area contributed by atoms with Gasteiger partial charge in [-0.25, -0.2) is 4.98 Å². The van der Waals surface area contributed by atoms with Gasteiger partial charge >= 0.3 is 0 Å². The van der Waals surface area contributed by atoms with Crippen molar-refractivity contribution in [2.24, 2.45) is 0 Å². The fourth-order valence-electron chi connectivity index (χ4n) is 1.89. The lowest BCUT2D eigenvalue weighted by molar-refractivity contribution is 0.527. The van der Waals surface area contributed by atoms with Crippen molar-refractivity contribution in [2.45, 2.75) is 39.4 Å². The summed E-state index contributed by atoms with van der Waals surface area (Å²) < 4.78 is 2.17. The van der Waals surface area contributed by atoms with E-state index in [1.165, 1.54) is 11.3 Å². The molecule has 17 heavy (non-hydrogen) atoms. The van der Waals surface area contributed by atoms with Gasteiger partial charge in [0.2, 0.25) is 0 Å². The van der Waals surface area contributed by atoms with Crippen LogP contribution in [0.4, 0.5) is 0 Å². The molecule has 0 aliphatic heterocycles. The van der Waals surface area contributed by atoms with Crippen molar-refractivity contribution in [3.63, 3.8) is 0 Å². The summed E-state index contributed by atoms with van der Waals surface area (Å²) in [5.41, 5.74) is 2.67. The molecule has 2 heterocycles. The molecular weight excluding hydrogens is 230 g/mol. The van der Waals surface area contributed by atoms with Gasteiger partial charge in [-0.3, -0.25) is 0 Å². The molecule has 92 valence electrons. The number of aryl methyl sites for hydroxylation is 1. The Hall–Kier alpha value is -1.13. The molecule has 1 N–H and O–H groups in total. The molecule has 1 atom stereocenters. The van der Waals surface area contributed by atoms with Gasteiger partial charge in [0.1, 0.15) is 0 Å². The fourth-order valence-corrected chi connectivity index (χ4v) is 2.57. The van der Waals surface area contributed by atoms with E-state index in [1.54, 1.807) is 11.3 Å². The number of nitrogens with zero attached hydrogens (tertiary/aromatic N) is 2. The lowest BCUT2D eigenvalue weighted by atomic mass is 10.1. The van der Waals surface area contributed by atoms with E-state index in [0.29, 0.717) is 6.04 Å². The van der Waals surface area contributed by atoms with Crippen LogP contribution in [0.25, 0.3) is 0 Å². The molecule has 1 unspecified atom stereocenters. The van der Waals surface area contributed by atoms with E-state index in [4.69, 9.17) is 0 Å². The maximum Gasteiger partial charge on any atom is 0.0948 e. The number of rotatable bonds is 6. The predicted octanol–water partition coefficient (Wildman–Crippen LogP) is 2.69. The van der Waals surface area contributed by atoms with E-state index in [2.05, 4.69) is 45.5 Å². The molecule has 0 radical (unpaired) electrons. The summed E-state index contributed by atoms with van der Waals surface area (Å²) in [6, 6.07) is 2.68. The first kappa shape index (κ1) is 12.3. The topological polar surface area (TPSA) is 29.9 Å². The molecule has 0 aromatic carbocycles.